The molecule has 0 saturated carbocycles. The molecule has 0 aliphatic rings. The molecule has 0 aliphatic heterocycles. The van der Waals surface area contributed by atoms with Crippen molar-refractivity contribution in [2.75, 3.05) is 0 Å². The second-order valence-corrected chi connectivity index (χ2v) is 4.85. The lowest BCUT2D eigenvalue weighted by Crippen LogP contribution is -1.93. The summed E-state index contributed by atoms with van der Waals surface area (Å²) in [5.41, 5.74) is -0.307. The number of rotatable bonds is 4. The quantitative estimate of drug-likeness (QED) is 0.486. The van der Waals surface area contributed by atoms with Crippen molar-refractivity contribution in [2.24, 2.45) is 0 Å². The number of nitrogens with zero attached hydrogens (tertiary/aromatic N) is 3. The maximum atomic E-state index is 13.0. The van der Waals surface area contributed by atoms with Gasteiger partial charge in [-0.1, -0.05) is 22.9 Å². The first-order valence-corrected chi connectivity index (χ1v) is 6.36. The van der Waals surface area contributed by atoms with Crippen LogP contribution < -0.4 is 0 Å². The van der Waals surface area contributed by atoms with E-state index < -0.39 is 16.4 Å². The summed E-state index contributed by atoms with van der Waals surface area (Å²) in [6.07, 6.45) is 0.729. The number of halogens is 2. The molecule has 2 rings (SSSR count). The summed E-state index contributed by atoms with van der Waals surface area (Å²) in [7, 11) is 0. The smallest absolute Gasteiger partial charge is 0.285 e. The maximum Gasteiger partial charge on any atom is 0.285 e. The Bertz CT molecular complexity index is 617. The summed E-state index contributed by atoms with van der Waals surface area (Å²) in [5, 5.41) is 18.4. The number of nitro benzene ring substituents is 1. The Balaban J connectivity index is 2.47. The Kier molecular flexibility index (Phi) is 3.89. The van der Waals surface area contributed by atoms with Crippen LogP contribution in [-0.4, -0.2) is 15.1 Å². The van der Waals surface area contributed by atoms with Gasteiger partial charge in [0.15, 0.2) is 0 Å². The van der Waals surface area contributed by atoms with Gasteiger partial charge in [0.2, 0.25) is 5.89 Å². The van der Waals surface area contributed by atoms with E-state index in [2.05, 4.69) is 26.1 Å². The Hall–Kier alpha value is -1.83. The van der Waals surface area contributed by atoms with Crippen LogP contribution in [0.1, 0.15) is 24.1 Å². The highest BCUT2D eigenvalue weighted by Gasteiger charge is 2.22. The number of hydrogen-bond donors (Lipinski definition) is 0. The third-order valence-corrected chi connectivity index (χ3v) is 3.49. The fourth-order valence-electron chi connectivity index (χ4n) is 1.48. The molecule has 1 aromatic heterocycles. The molecule has 19 heavy (non-hydrogen) atoms. The van der Waals surface area contributed by atoms with Gasteiger partial charge in [0.1, 0.15) is 11.4 Å². The van der Waals surface area contributed by atoms with Crippen LogP contribution in [0.2, 0.25) is 0 Å². The molecule has 6 nitrogen and oxygen atoms in total. The van der Waals surface area contributed by atoms with Gasteiger partial charge in [-0.25, -0.2) is 4.39 Å². The molecule has 1 atom stereocenters. The molecular formula is C11H9BrFN3O3. The molecule has 0 bridgehead atoms. The number of benzene rings is 1. The van der Waals surface area contributed by atoms with Gasteiger partial charge in [-0.15, -0.1) is 10.2 Å². The van der Waals surface area contributed by atoms with E-state index in [1.807, 2.05) is 6.92 Å². The van der Waals surface area contributed by atoms with E-state index in [0.717, 1.165) is 18.6 Å². The van der Waals surface area contributed by atoms with Crippen molar-refractivity contribution < 1.29 is 13.7 Å². The van der Waals surface area contributed by atoms with E-state index in [-0.39, 0.29) is 16.3 Å². The largest absolute Gasteiger partial charge is 0.419 e. The maximum absolute atomic E-state index is 13.0. The lowest BCUT2D eigenvalue weighted by Gasteiger charge is -1.99. The highest BCUT2D eigenvalue weighted by Crippen LogP contribution is 2.32. The zero-order valence-electron chi connectivity index (χ0n) is 9.84. The number of hydrogen-bond acceptors (Lipinski definition) is 5. The van der Waals surface area contributed by atoms with Gasteiger partial charge in [-0.3, -0.25) is 10.1 Å². The summed E-state index contributed by atoms with van der Waals surface area (Å²) in [6.45, 7) is 1.92. The van der Waals surface area contributed by atoms with Crippen molar-refractivity contribution >= 4 is 21.6 Å². The molecule has 0 amide bonds. The zero-order valence-corrected chi connectivity index (χ0v) is 11.4. The van der Waals surface area contributed by atoms with Crippen LogP contribution in [-0.2, 0) is 0 Å². The van der Waals surface area contributed by atoms with Gasteiger partial charge in [0.25, 0.3) is 11.6 Å². The van der Waals surface area contributed by atoms with Crippen LogP contribution in [0, 0.1) is 15.9 Å². The minimum Gasteiger partial charge on any atom is -0.419 e. The van der Waals surface area contributed by atoms with Crippen LogP contribution in [0.3, 0.4) is 0 Å². The molecule has 0 fully saturated rings. The van der Waals surface area contributed by atoms with Gasteiger partial charge >= 0.3 is 0 Å². The van der Waals surface area contributed by atoms with Gasteiger partial charge < -0.3 is 4.42 Å². The molecule has 1 aromatic carbocycles. The predicted molar refractivity (Wildman–Crippen MR) is 68.3 cm³/mol. The molecule has 100 valence electrons. The monoisotopic (exact) mass is 329 g/mol. The van der Waals surface area contributed by atoms with Crippen LogP contribution in [0.15, 0.2) is 22.6 Å². The fourth-order valence-corrected chi connectivity index (χ4v) is 1.67. The Labute approximate surface area is 115 Å². The van der Waals surface area contributed by atoms with Crippen LogP contribution in [0.4, 0.5) is 10.1 Å². The molecule has 0 spiro atoms. The second-order valence-electron chi connectivity index (χ2n) is 3.74. The van der Waals surface area contributed by atoms with Crippen LogP contribution >= 0.6 is 15.9 Å². The van der Waals surface area contributed by atoms with Crippen LogP contribution in [0.5, 0.6) is 0 Å². The average Bonchev–Trinajstić information content (AvgIpc) is 2.87. The lowest BCUT2D eigenvalue weighted by molar-refractivity contribution is -0.384. The van der Waals surface area contributed by atoms with Crippen molar-refractivity contribution in [3.63, 3.8) is 0 Å². The normalized spacial score (nSPS) is 12.4. The molecule has 1 unspecified atom stereocenters. The summed E-state index contributed by atoms with van der Waals surface area (Å²) >= 11 is 3.34. The molecule has 2 aromatic rings. The molecule has 8 heteroatoms. The van der Waals surface area contributed by atoms with Gasteiger partial charge in [-0.2, -0.15) is 0 Å². The highest BCUT2D eigenvalue weighted by atomic mass is 79.9. The van der Waals surface area contributed by atoms with Crippen molar-refractivity contribution in [3.8, 4) is 11.5 Å². The van der Waals surface area contributed by atoms with Gasteiger partial charge in [-0.05, 0) is 18.6 Å². The van der Waals surface area contributed by atoms with E-state index >= 15 is 0 Å². The number of alkyl halides is 1. The first-order chi connectivity index (χ1) is 9.02. The van der Waals surface area contributed by atoms with E-state index in [4.69, 9.17) is 4.42 Å². The Morgan fingerprint density at radius 2 is 2.26 bits per heavy atom. The number of nitro groups is 1. The molecule has 1 heterocycles. The first kappa shape index (κ1) is 13.6. The topological polar surface area (TPSA) is 82.1 Å². The standard InChI is InChI=1S/C11H9BrFN3O3/c1-2-8(12)11-15-14-10(19-11)7-4-3-6(13)5-9(7)16(17)18/h3-5,8H,2H2,1H3. The lowest BCUT2D eigenvalue weighted by atomic mass is 10.2. The summed E-state index contributed by atoms with van der Waals surface area (Å²) < 4.78 is 18.4. The molecule has 0 N–H and O–H groups in total. The first-order valence-electron chi connectivity index (χ1n) is 5.44. The molecular weight excluding hydrogens is 321 g/mol. The zero-order chi connectivity index (χ0) is 14.0. The fraction of sp³-hybridized carbons (Fsp3) is 0.273. The van der Waals surface area contributed by atoms with E-state index in [9.17, 15) is 14.5 Å². The number of aromatic nitrogens is 2. The van der Waals surface area contributed by atoms with E-state index in [1.54, 1.807) is 0 Å². The molecule has 0 aliphatic carbocycles. The SMILES string of the molecule is CCC(Br)c1nnc(-c2ccc(F)cc2[N+](=O)[O-])o1. The van der Waals surface area contributed by atoms with Crippen molar-refractivity contribution in [1.29, 1.82) is 0 Å². The Morgan fingerprint density at radius 1 is 1.53 bits per heavy atom. The van der Waals surface area contributed by atoms with Crippen LogP contribution in [0.25, 0.3) is 11.5 Å². The van der Waals surface area contributed by atoms with E-state index in [0.29, 0.717) is 5.89 Å². The summed E-state index contributed by atoms with van der Waals surface area (Å²) in [6, 6.07) is 3.18. The molecule has 0 radical (unpaired) electrons. The highest BCUT2D eigenvalue weighted by molar-refractivity contribution is 9.09. The summed E-state index contributed by atoms with van der Waals surface area (Å²) in [4.78, 5) is 10.1. The predicted octanol–water partition coefficient (Wildman–Crippen LogP) is 3.63. The minimum atomic E-state index is -0.692. The van der Waals surface area contributed by atoms with E-state index in [1.165, 1.54) is 6.07 Å². The Morgan fingerprint density at radius 3 is 2.89 bits per heavy atom. The van der Waals surface area contributed by atoms with Crippen molar-refractivity contribution in [3.05, 3.63) is 40.0 Å². The average molecular weight is 330 g/mol. The second kappa shape index (κ2) is 5.43. The van der Waals surface area contributed by atoms with Gasteiger partial charge in [0, 0.05) is 0 Å². The third kappa shape index (κ3) is 2.78. The van der Waals surface area contributed by atoms with Crippen molar-refractivity contribution in [1.82, 2.24) is 10.2 Å². The van der Waals surface area contributed by atoms with Crippen molar-refractivity contribution in [2.45, 2.75) is 18.2 Å². The third-order valence-electron chi connectivity index (χ3n) is 2.45. The summed E-state index contributed by atoms with van der Waals surface area (Å²) in [5.74, 6) is -0.363. The van der Waals surface area contributed by atoms with Gasteiger partial charge in [0.05, 0.1) is 15.8 Å². The molecule has 0 saturated heterocycles. The minimum absolute atomic E-state index is 0.000370.